The highest BCUT2D eigenvalue weighted by Crippen LogP contribution is 2.25. The summed E-state index contributed by atoms with van der Waals surface area (Å²) in [5.74, 6) is 1.78. The molecular formula is C18H23N3O4. The third-order valence-electron chi connectivity index (χ3n) is 4.85. The van der Waals surface area contributed by atoms with E-state index in [4.69, 9.17) is 13.9 Å². The Morgan fingerprint density at radius 1 is 1.16 bits per heavy atom. The molecule has 0 spiro atoms. The van der Waals surface area contributed by atoms with Crippen molar-refractivity contribution in [2.24, 2.45) is 5.92 Å². The van der Waals surface area contributed by atoms with Gasteiger partial charge in [0.25, 0.3) is 0 Å². The van der Waals surface area contributed by atoms with Gasteiger partial charge >= 0.3 is 0 Å². The van der Waals surface area contributed by atoms with Crippen molar-refractivity contribution >= 4 is 22.7 Å². The molecular weight excluding hydrogens is 322 g/mol. The molecule has 0 saturated carbocycles. The predicted octanol–water partition coefficient (Wildman–Crippen LogP) is 1.86. The Hall–Kier alpha value is -2.12. The third kappa shape index (κ3) is 3.62. The van der Waals surface area contributed by atoms with Gasteiger partial charge in [0.15, 0.2) is 22.7 Å². The van der Waals surface area contributed by atoms with Gasteiger partial charge in [0.05, 0.1) is 18.6 Å². The first-order chi connectivity index (χ1) is 12.3. The number of hydrogen-bond acceptors (Lipinski definition) is 7. The van der Waals surface area contributed by atoms with E-state index in [2.05, 4.69) is 10.3 Å². The van der Waals surface area contributed by atoms with Gasteiger partial charge in [-0.15, -0.1) is 0 Å². The molecule has 2 aliphatic rings. The molecule has 2 aromatic rings. The fraction of sp³-hybridized carbons (Fsp3) is 0.556. The van der Waals surface area contributed by atoms with Gasteiger partial charge < -0.3 is 24.1 Å². The zero-order valence-corrected chi connectivity index (χ0v) is 14.2. The summed E-state index contributed by atoms with van der Waals surface area (Å²) in [5.41, 5.74) is 0.489. The largest absolute Gasteiger partial charge is 0.436 e. The van der Waals surface area contributed by atoms with E-state index in [0.29, 0.717) is 41.8 Å². The van der Waals surface area contributed by atoms with Crippen LogP contribution in [-0.4, -0.2) is 51.0 Å². The van der Waals surface area contributed by atoms with E-state index in [0.717, 1.165) is 45.7 Å². The Kier molecular flexibility index (Phi) is 4.85. The van der Waals surface area contributed by atoms with Gasteiger partial charge in [0.1, 0.15) is 0 Å². The Labute approximate surface area is 145 Å². The first-order valence-electron chi connectivity index (χ1n) is 8.88. The molecule has 0 bridgehead atoms. The first-order valence-corrected chi connectivity index (χ1v) is 8.88. The number of aromatic nitrogens is 1. The topological polar surface area (TPSA) is 76.8 Å². The van der Waals surface area contributed by atoms with Crippen LogP contribution in [0, 0.1) is 5.92 Å². The molecule has 25 heavy (non-hydrogen) atoms. The molecule has 1 N–H and O–H groups in total. The molecule has 2 aromatic heterocycles. The SMILES string of the molecule is O=c1cc(N2CCOCC2)oc2c(NCC3CCOCC3)nccc12. The Balaban J connectivity index is 1.61. The number of rotatable bonds is 4. The fourth-order valence-corrected chi connectivity index (χ4v) is 3.33. The third-order valence-corrected chi connectivity index (χ3v) is 4.85. The maximum absolute atomic E-state index is 12.5. The summed E-state index contributed by atoms with van der Waals surface area (Å²) < 4.78 is 16.8. The molecule has 0 aromatic carbocycles. The van der Waals surface area contributed by atoms with Crippen molar-refractivity contribution < 1.29 is 13.9 Å². The van der Waals surface area contributed by atoms with Crippen LogP contribution < -0.4 is 15.6 Å². The van der Waals surface area contributed by atoms with Crippen molar-refractivity contribution in [3.8, 4) is 0 Å². The van der Waals surface area contributed by atoms with Gasteiger partial charge in [-0.2, -0.15) is 0 Å². The van der Waals surface area contributed by atoms with Crippen LogP contribution in [-0.2, 0) is 9.47 Å². The first kappa shape index (κ1) is 16.4. The number of hydrogen-bond donors (Lipinski definition) is 1. The van der Waals surface area contributed by atoms with Crippen LogP contribution >= 0.6 is 0 Å². The molecule has 0 amide bonds. The summed E-state index contributed by atoms with van der Waals surface area (Å²) in [6.07, 6.45) is 3.74. The van der Waals surface area contributed by atoms with Crippen LogP contribution in [0.15, 0.2) is 27.5 Å². The van der Waals surface area contributed by atoms with Crippen molar-refractivity contribution in [1.82, 2.24) is 4.98 Å². The minimum atomic E-state index is -0.0424. The molecule has 0 radical (unpaired) electrons. The summed E-state index contributed by atoms with van der Waals surface area (Å²) in [5, 5.41) is 3.93. The molecule has 2 saturated heterocycles. The lowest BCUT2D eigenvalue weighted by Gasteiger charge is -2.27. The second-order valence-corrected chi connectivity index (χ2v) is 6.52. The molecule has 0 unspecified atom stereocenters. The standard InChI is InChI=1S/C18H23N3O4/c22-15-11-16(21-5-9-24-10-6-21)25-17-14(15)1-4-19-18(17)20-12-13-2-7-23-8-3-13/h1,4,11,13H,2-3,5-10,12H2,(H,19,20). The van der Waals surface area contributed by atoms with Crippen molar-refractivity contribution in [2.45, 2.75) is 12.8 Å². The van der Waals surface area contributed by atoms with Crippen molar-refractivity contribution in [1.29, 1.82) is 0 Å². The number of pyridine rings is 1. The smallest absolute Gasteiger partial charge is 0.200 e. The van der Waals surface area contributed by atoms with E-state index in [9.17, 15) is 4.79 Å². The van der Waals surface area contributed by atoms with Gasteiger partial charge in [-0.25, -0.2) is 4.98 Å². The monoisotopic (exact) mass is 345 g/mol. The maximum Gasteiger partial charge on any atom is 0.200 e. The fourth-order valence-electron chi connectivity index (χ4n) is 3.33. The van der Waals surface area contributed by atoms with Crippen LogP contribution in [0.2, 0.25) is 0 Å². The summed E-state index contributed by atoms with van der Waals surface area (Å²) in [7, 11) is 0. The summed E-state index contributed by atoms with van der Waals surface area (Å²) in [6.45, 7) is 5.16. The molecule has 4 heterocycles. The Bertz CT molecular complexity index is 779. The molecule has 2 aliphatic heterocycles. The predicted molar refractivity (Wildman–Crippen MR) is 95.3 cm³/mol. The molecule has 2 fully saturated rings. The van der Waals surface area contributed by atoms with Crippen LogP contribution in [0.1, 0.15) is 12.8 Å². The zero-order valence-electron chi connectivity index (χ0n) is 14.2. The number of ether oxygens (including phenoxy) is 2. The number of morpholine rings is 1. The number of nitrogens with zero attached hydrogens (tertiary/aromatic N) is 2. The van der Waals surface area contributed by atoms with Crippen molar-refractivity contribution in [3.05, 3.63) is 28.6 Å². The maximum atomic E-state index is 12.5. The second-order valence-electron chi connectivity index (χ2n) is 6.52. The molecule has 134 valence electrons. The lowest BCUT2D eigenvalue weighted by molar-refractivity contribution is 0.0699. The summed E-state index contributed by atoms with van der Waals surface area (Å²) in [6, 6.07) is 3.28. The van der Waals surface area contributed by atoms with E-state index >= 15 is 0 Å². The van der Waals surface area contributed by atoms with Crippen LogP contribution in [0.5, 0.6) is 0 Å². The van der Waals surface area contributed by atoms with Crippen molar-refractivity contribution in [3.63, 3.8) is 0 Å². The molecule has 4 rings (SSSR count). The van der Waals surface area contributed by atoms with Gasteiger partial charge in [-0.3, -0.25) is 4.79 Å². The lowest BCUT2D eigenvalue weighted by Crippen LogP contribution is -2.36. The molecule has 7 heteroatoms. The molecule has 0 atom stereocenters. The zero-order chi connectivity index (χ0) is 17.1. The Morgan fingerprint density at radius 2 is 1.92 bits per heavy atom. The van der Waals surface area contributed by atoms with Crippen molar-refractivity contribution in [2.75, 3.05) is 56.3 Å². The average molecular weight is 345 g/mol. The van der Waals surface area contributed by atoms with Gasteiger partial charge in [0.2, 0.25) is 0 Å². The van der Waals surface area contributed by atoms with E-state index < -0.39 is 0 Å². The van der Waals surface area contributed by atoms with Crippen LogP contribution in [0.3, 0.4) is 0 Å². The molecule has 7 nitrogen and oxygen atoms in total. The van der Waals surface area contributed by atoms with E-state index in [-0.39, 0.29) is 5.43 Å². The van der Waals surface area contributed by atoms with E-state index in [1.165, 1.54) is 0 Å². The van der Waals surface area contributed by atoms with Gasteiger partial charge in [-0.05, 0) is 24.8 Å². The average Bonchev–Trinajstić information content (AvgIpc) is 2.68. The number of nitrogens with one attached hydrogen (secondary N) is 1. The minimum Gasteiger partial charge on any atom is -0.436 e. The quantitative estimate of drug-likeness (QED) is 0.906. The van der Waals surface area contributed by atoms with Gasteiger partial charge in [0, 0.05) is 45.1 Å². The second kappa shape index (κ2) is 7.41. The van der Waals surface area contributed by atoms with Crippen LogP contribution in [0.4, 0.5) is 11.7 Å². The minimum absolute atomic E-state index is 0.0424. The van der Waals surface area contributed by atoms with E-state index in [1.807, 2.05) is 4.90 Å². The van der Waals surface area contributed by atoms with Gasteiger partial charge in [-0.1, -0.05) is 0 Å². The lowest BCUT2D eigenvalue weighted by atomic mass is 10.0. The highest BCUT2D eigenvalue weighted by atomic mass is 16.5. The Morgan fingerprint density at radius 3 is 2.72 bits per heavy atom. The summed E-state index contributed by atoms with van der Waals surface area (Å²) >= 11 is 0. The molecule has 0 aliphatic carbocycles. The van der Waals surface area contributed by atoms with Crippen LogP contribution in [0.25, 0.3) is 11.0 Å². The number of fused-ring (bicyclic) bond motifs is 1. The highest BCUT2D eigenvalue weighted by molar-refractivity contribution is 5.86. The summed E-state index contributed by atoms with van der Waals surface area (Å²) in [4.78, 5) is 19.0. The normalized spacial score (nSPS) is 19.3. The van der Waals surface area contributed by atoms with E-state index in [1.54, 1.807) is 18.3 Å². The highest BCUT2D eigenvalue weighted by Gasteiger charge is 2.18. The number of anilines is 2.